The van der Waals surface area contributed by atoms with E-state index in [1.165, 1.54) is 5.56 Å². The van der Waals surface area contributed by atoms with E-state index in [2.05, 4.69) is 33.7 Å². The van der Waals surface area contributed by atoms with Crippen molar-refractivity contribution in [2.45, 2.75) is 20.4 Å². The van der Waals surface area contributed by atoms with Crippen LogP contribution in [0.5, 0.6) is 0 Å². The van der Waals surface area contributed by atoms with Gasteiger partial charge in [-0.3, -0.25) is 4.79 Å². The maximum atomic E-state index is 12.7. The first-order valence-electron chi connectivity index (χ1n) is 11.0. The third kappa shape index (κ3) is 4.85. The lowest BCUT2D eigenvalue weighted by Gasteiger charge is -2.36. The summed E-state index contributed by atoms with van der Waals surface area (Å²) in [5, 5.41) is 0. The highest BCUT2D eigenvalue weighted by Gasteiger charge is 2.23. The summed E-state index contributed by atoms with van der Waals surface area (Å²) in [5.74, 6) is -0.599. The van der Waals surface area contributed by atoms with Gasteiger partial charge in [0, 0.05) is 49.8 Å². The molecule has 0 saturated carbocycles. The Morgan fingerprint density at radius 2 is 1.50 bits per heavy atom. The van der Waals surface area contributed by atoms with E-state index in [4.69, 9.17) is 4.74 Å². The molecule has 0 unspecified atom stereocenters. The van der Waals surface area contributed by atoms with Gasteiger partial charge in [0.25, 0.3) is 5.91 Å². The molecule has 0 bridgehead atoms. The minimum Gasteiger partial charge on any atom is -0.452 e. The zero-order chi connectivity index (χ0) is 22.5. The van der Waals surface area contributed by atoms with Crippen molar-refractivity contribution in [3.05, 3.63) is 89.2 Å². The van der Waals surface area contributed by atoms with Gasteiger partial charge in [-0.1, -0.05) is 48.5 Å². The van der Waals surface area contributed by atoms with Crippen molar-refractivity contribution >= 4 is 17.6 Å². The number of carbonyl (C=O) groups excluding carboxylic acids is 2. The van der Waals surface area contributed by atoms with Crippen LogP contribution in [0.25, 0.3) is 0 Å². The molecule has 2 aromatic carbocycles. The van der Waals surface area contributed by atoms with E-state index in [9.17, 15) is 9.59 Å². The molecule has 32 heavy (non-hydrogen) atoms. The molecule has 2 heterocycles. The molecule has 166 valence electrons. The fourth-order valence-corrected chi connectivity index (χ4v) is 4.17. The van der Waals surface area contributed by atoms with Gasteiger partial charge in [-0.15, -0.1) is 0 Å². The Morgan fingerprint density at radius 3 is 2.16 bits per heavy atom. The highest BCUT2D eigenvalue weighted by molar-refractivity contribution is 5.92. The monoisotopic (exact) mass is 431 g/mol. The van der Waals surface area contributed by atoms with Crippen LogP contribution in [0.15, 0.2) is 66.7 Å². The molecule has 1 aliphatic rings. The molecule has 4 rings (SSSR count). The topological polar surface area (TPSA) is 54.8 Å². The van der Waals surface area contributed by atoms with E-state index in [-0.39, 0.29) is 12.5 Å². The Hall–Kier alpha value is -3.54. The summed E-state index contributed by atoms with van der Waals surface area (Å²) in [5.41, 5.74) is 4.68. The molecule has 0 aliphatic carbocycles. The van der Waals surface area contributed by atoms with Gasteiger partial charge in [-0.05, 0) is 37.6 Å². The number of rotatable bonds is 6. The maximum absolute atomic E-state index is 12.7. The molecule has 1 amide bonds. The van der Waals surface area contributed by atoms with Crippen LogP contribution in [0.2, 0.25) is 0 Å². The molecule has 6 nitrogen and oxygen atoms in total. The second kappa shape index (κ2) is 9.73. The van der Waals surface area contributed by atoms with Crippen LogP contribution in [0, 0.1) is 13.8 Å². The minimum atomic E-state index is -0.450. The Kier molecular flexibility index (Phi) is 6.59. The second-order valence-electron chi connectivity index (χ2n) is 8.14. The number of hydrogen-bond acceptors (Lipinski definition) is 4. The van der Waals surface area contributed by atoms with Crippen LogP contribution in [-0.4, -0.2) is 54.1 Å². The molecule has 6 heteroatoms. The SMILES string of the molecule is Cc1cc(C(=O)OCC(=O)N2CCN(c3ccccc3)CC2)c(C)n1Cc1ccccc1. The number of anilines is 1. The summed E-state index contributed by atoms with van der Waals surface area (Å²) in [6.45, 7) is 7.13. The van der Waals surface area contributed by atoms with Gasteiger partial charge in [0.05, 0.1) is 5.56 Å². The Labute approximate surface area is 189 Å². The molecule has 0 spiro atoms. The largest absolute Gasteiger partial charge is 0.452 e. The summed E-state index contributed by atoms with van der Waals surface area (Å²) < 4.78 is 7.49. The van der Waals surface area contributed by atoms with Crippen molar-refractivity contribution in [2.75, 3.05) is 37.7 Å². The van der Waals surface area contributed by atoms with E-state index < -0.39 is 5.97 Å². The van der Waals surface area contributed by atoms with Crippen molar-refractivity contribution in [1.29, 1.82) is 0 Å². The standard InChI is InChI=1S/C26H29N3O3/c1-20-17-24(21(2)29(20)18-22-9-5-3-6-10-22)26(31)32-19-25(30)28-15-13-27(14-16-28)23-11-7-4-8-12-23/h3-12,17H,13-16,18-19H2,1-2H3. The molecule has 0 atom stereocenters. The lowest BCUT2D eigenvalue weighted by atomic mass is 10.2. The molecule has 0 radical (unpaired) electrons. The molecule has 1 saturated heterocycles. The van der Waals surface area contributed by atoms with Gasteiger partial charge in [0.1, 0.15) is 0 Å². The molecule has 1 aromatic heterocycles. The molecule has 1 aliphatic heterocycles. The van der Waals surface area contributed by atoms with Gasteiger partial charge >= 0.3 is 5.97 Å². The number of aryl methyl sites for hydroxylation is 1. The normalized spacial score (nSPS) is 13.8. The van der Waals surface area contributed by atoms with Gasteiger partial charge in [0.15, 0.2) is 6.61 Å². The fourth-order valence-electron chi connectivity index (χ4n) is 4.17. The average molecular weight is 432 g/mol. The summed E-state index contributed by atoms with van der Waals surface area (Å²) >= 11 is 0. The van der Waals surface area contributed by atoms with Gasteiger partial charge in [-0.25, -0.2) is 4.79 Å². The van der Waals surface area contributed by atoms with Crippen LogP contribution in [-0.2, 0) is 16.1 Å². The van der Waals surface area contributed by atoms with E-state index in [0.717, 1.165) is 30.2 Å². The average Bonchev–Trinajstić information content (AvgIpc) is 3.12. The smallest absolute Gasteiger partial charge is 0.340 e. The third-order valence-electron chi connectivity index (χ3n) is 6.06. The molecule has 1 fully saturated rings. The van der Waals surface area contributed by atoms with E-state index in [1.807, 2.05) is 56.3 Å². The summed E-state index contributed by atoms with van der Waals surface area (Å²) in [6.07, 6.45) is 0. The van der Waals surface area contributed by atoms with Crippen molar-refractivity contribution in [3.63, 3.8) is 0 Å². The maximum Gasteiger partial charge on any atom is 0.340 e. The van der Waals surface area contributed by atoms with Crippen molar-refractivity contribution in [1.82, 2.24) is 9.47 Å². The van der Waals surface area contributed by atoms with E-state index in [1.54, 1.807) is 4.90 Å². The predicted molar refractivity (Wildman–Crippen MR) is 125 cm³/mol. The first-order chi connectivity index (χ1) is 15.5. The van der Waals surface area contributed by atoms with Crippen LogP contribution in [0.4, 0.5) is 5.69 Å². The van der Waals surface area contributed by atoms with Gasteiger partial charge in [0.2, 0.25) is 0 Å². The fraction of sp³-hybridized carbons (Fsp3) is 0.308. The summed E-state index contributed by atoms with van der Waals surface area (Å²) in [7, 11) is 0. The van der Waals surface area contributed by atoms with Crippen molar-refractivity contribution in [3.8, 4) is 0 Å². The van der Waals surface area contributed by atoms with E-state index >= 15 is 0 Å². The Morgan fingerprint density at radius 1 is 0.875 bits per heavy atom. The summed E-state index contributed by atoms with van der Waals surface area (Å²) in [6, 6.07) is 22.1. The molecule has 3 aromatic rings. The number of ether oxygens (including phenoxy) is 1. The van der Waals surface area contributed by atoms with E-state index in [0.29, 0.717) is 25.2 Å². The lowest BCUT2D eigenvalue weighted by Crippen LogP contribution is -2.49. The number of para-hydroxylation sites is 1. The number of nitrogens with zero attached hydrogens (tertiary/aromatic N) is 3. The first kappa shape index (κ1) is 21.7. The number of piperazine rings is 1. The van der Waals surface area contributed by atoms with Crippen LogP contribution in [0.1, 0.15) is 27.3 Å². The Bertz CT molecular complexity index is 1070. The van der Waals surface area contributed by atoms with Gasteiger partial charge in [-0.2, -0.15) is 0 Å². The highest BCUT2D eigenvalue weighted by Crippen LogP contribution is 2.19. The Balaban J connectivity index is 1.31. The number of esters is 1. The quantitative estimate of drug-likeness (QED) is 0.559. The van der Waals surface area contributed by atoms with Crippen LogP contribution < -0.4 is 4.90 Å². The molecular weight excluding hydrogens is 402 g/mol. The van der Waals surface area contributed by atoms with Gasteiger partial charge < -0.3 is 19.1 Å². The summed E-state index contributed by atoms with van der Waals surface area (Å²) in [4.78, 5) is 29.3. The van der Waals surface area contributed by atoms with Crippen molar-refractivity contribution < 1.29 is 14.3 Å². The number of carbonyl (C=O) groups is 2. The second-order valence-corrected chi connectivity index (χ2v) is 8.14. The van der Waals surface area contributed by atoms with Crippen LogP contribution in [0.3, 0.4) is 0 Å². The number of aromatic nitrogens is 1. The zero-order valence-electron chi connectivity index (χ0n) is 18.7. The first-order valence-corrected chi connectivity index (χ1v) is 11.0. The molecular formula is C26H29N3O3. The minimum absolute atomic E-state index is 0.149. The van der Waals surface area contributed by atoms with Crippen molar-refractivity contribution in [2.24, 2.45) is 0 Å². The molecule has 0 N–H and O–H groups in total. The zero-order valence-corrected chi connectivity index (χ0v) is 18.7. The number of amides is 1. The third-order valence-corrected chi connectivity index (χ3v) is 6.06. The number of benzene rings is 2. The lowest BCUT2D eigenvalue weighted by molar-refractivity contribution is -0.134. The highest BCUT2D eigenvalue weighted by atomic mass is 16.5. The number of hydrogen-bond donors (Lipinski definition) is 0. The van der Waals surface area contributed by atoms with Crippen LogP contribution >= 0.6 is 0 Å². The predicted octanol–water partition coefficient (Wildman–Crippen LogP) is 3.66.